The summed E-state index contributed by atoms with van der Waals surface area (Å²) in [7, 11) is 1.61. The molecule has 1 aromatic heterocycles. The summed E-state index contributed by atoms with van der Waals surface area (Å²) < 4.78 is 19.3. The van der Waals surface area contributed by atoms with E-state index in [0.717, 1.165) is 46.5 Å². The largest absolute Gasteiger partial charge is 0.504 e. The first-order valence-electron chi connectivity index (χ1n) is 16.9. The molecule has 238 valence electrons. The Morgan fingerprint density at radius 3 is 2.29 bits per heavy atom. The van der Waals surface area contributed by atoms with Gasteiger partial charge in [-0.25, -0.2) is 0 Å². The van der Waals surface area contributed by atoms with Crippen molar-refractivity contribution in [1.29, 1.82) is 0 Å². The Morgan fingerprint density at radius 1 is 0.822 bits per heavy atom. The van der Waals surface area contributed by atoms with Gasteiger partial charge in [0.1, 0.15) is 24.2 Å². The minimum atomic E-state index is 0.169. The van der Waals surface area contributed by atoms with E-state index in [9.17, 15) is 5.11 Å². The van der Waals surface area contributed by atoms with Gasteiger partial charge in [0.25, 0.3) is 0 Å². The van der Waals surface area contributed by atoms with E-state index >= 15 is 0 Å². The Bertz CT molecular complexity index is 1560. The number of methoxy groups -OCH3 is 1. The second-order valence-corrected chi connectivity index (χ2v) is 14.0. The SMILES string of the molecule is COc1cc2c(Cc3ccc(O[C@@H]4CCCC[C@H]4N4CCCC4)cc3)c(-c3ccc(OCCN4CCCC4)cc3)sc2cc1O. The van der Waals surface area contributed by atoms with Crippen LogP contribution in [0.2, 0.25) is 0 Å². The second kappa shape index (κ2) is 14.0. The summed E-state index contributed by atoms with van der Waals surface area (Å²) in [5, 5.41) is 11.7. The first-order valence-corrected chi connectivity index (χ1v) is 17.7. The Hall–Kier alpha value is -3.26. The van der Waals surface area contributed by atoms with Crippen molar-refractivity contribution in [3.05, 3.63) is 71.8 Å². The van der Waals surface area contributed by atoms with E-state index in [1.54, 1.807) is 18.4 Å². The van der Waals surface area contributed by atoms with Crippen molar-refractivity contribution < 1.29 is 19.3 Å². The first-order chi connectivity index (χ1) is 22.1. The number of nitrogens with zero attached hydrogens (tertiary/aromatic N) is 2. The molecule has 0 bridgehead atoms. The van der Waals surface area contributed by atoms with Gasteiger partial charge in [-0.1, -0.05) is 18.6 Å². The molecule has 3 fully saturated rings. The molecule has 0 unspecified atom stereocenters. The van der Waals surface area contributed by atoms with Gasteiger partial charge < -0.3 is 19.3 Å². The van der Waals surface area contributed by atoms with Crippen molar-refractivity contribution in [3.8, 4) is 33.4 Å². The quantitative estimate of drug-likeness (QED) is 0.181. The summed E-state index contributed by atoms with van der Waals surface area (Å²) in [6, 6.07) is 21.6. The van der Waals surface area contributed by atoms with Crippen LogP contribution in [0.15, 0.2) is 60.7 Å². The van der Waals surface area contributed by atoms with Crippen LogP contribution in [0.25, 0.3) is 20.5 Å². The highest BCUT2D eigenvalue weighted by Crippen LogP contribution is 2.44. The molecule has 1 aliphatic carbocycles. The Kier molecular flexibility index (Phi) is 9.47. The summed E-state index contributed by atoms with van der Waals surface area (Å²) in [6.07, 6.45) is 11.3. The van der Waals surface area contributed by atoms with E-state index in [-0.39, 0.29) is 11.9 Å². The van der Waals surface area contributed by atoms with Crippen molar-refractivity contribution in [2.75, 3.05) is 46.4 Å². The number of rotatable bonds is 11. The fourth-order valence-electron chi connectivity index (χ4n) is 7.51. The lowest BCUT2D eigenvalue weighted by atomic mass is 9.91. The van der Waals surface area contributed by atoms with Gasteiger partial charge in [0.15, 0.2) is 11.5 Å². The molecule has 1 saturated carbocycles. The van der Waals surface area contributed by atoms with E-state index in [4.69, 9.17) is 14.2 Å². The number of hydrogen-bond donors (Lipinski definition) is 1. The summed E-state index contributed by atoms with van der Waals surface area (Å²) in [5.41, 5.74) is 3.63. The van der Waals surface area contributed by atoms with Crippen LogP contribution in [0.1, 0.15) is 62.5 Å². The number of benzene rings is 3. The zero-order chi connectivity index (χ0) is 30.6. The number of aromatic hydroxyl groups is 1. The molecule has 1 N–H and O–H groups in total. The first kappa shape index (κ1) is 30.4. The van der Waals surface area contributed by atoms with Crippen LogP contribution in [0.3, 0.4) is 0 Å². The summed E-state index contributed by atoms with van der Waals surface area (Å²) >= 11 is 1.72. The van der Waals surface area contributed by atoms with Crippen LogP contribution in [0.5, 0.6) is 23.0 Å². The molecule has 7 heteroatoms. The maximum atomic E-state index is 10.6. The number of fused-ring (bicyclic) bond motifs is 1. The van der Waals surface area contributed by atoms with Gasteiger partial charge in [0.05, 0.1) is 7.11 Å². The van der Waals surface area contributed by atoms with Crippen LogP contribution < -0.4 is 14.2 Å². The zero-order valence-corrected chi connectivity index (χ0v) is 27.3. The van der Waals surface area contributed by atoms with Gasteiger partial charge in [0, 0.05) is 33.6 Å². The number of phenols is 1. The fraction of sp³-hybridized carbons (Fsp3) is 0.474. The van der Waals surface area contributed by atoms with Crippen LogP contribution in [-0.4, -0.2) is 73.5 Å². The third-order valence-electron chi connectivity index (χ3n) is 9.95. The molecule has 0 radical (unpaired) electrons. The lowest BCUT2D eigenvalue weighted by molar-refractivity contribution is 0.0485. The van der Waals surface area contributed by atoms with Crippen LogP contribution in [-0.2, 0) is 6.42 Å². The number of thiophene rings is 1. The van der Waals surface area contributed by atoms with Gasteiger partial charge in [-0.3, -0.25) is 9.80 Å². The van der Waals surface area contributed by atoms with Gasteiger partial charge in [-0.15, -0.1) is 11.3 Å². The Morgan fingerprint density at radius 2 is 1.53 bits per heavy atom. The lowest BCUT2D eigenvalue weighted by Crippen LogP contribution is -2.46. The van der Waals surface area contributed by atoms with Gasteiger partial charge in [0.2, 0.25) is 0 Å². The molecule has 4 aromatic rings. The number of ether oxygens (including phenoxy) is 3. The van der Waals surface area contributed by atoms with E-state index in [1.165, 1.54) is 87.1 Å². The molecule has 7 rings (SSSR count). The number of phenolic OH excluding ortho intramolecular Hbond substituents is 1. The highest BCUT2D eigenvalue weighted by Gasteiger charge is 2.33. The van der Waals surface area contributed by atoms with Crippen molar-refractivity contribution in [2.24, 2.45) is 0 Å². The van der Waals surface area contributed by atoms with Gasteiger partial charge in [-0.05, 0) is 137 Å². The molecule has 2 atom stereocenters. The second-order valence-electron chi connectivity index (χ2n) is 12.9. The molecule has 3 aliphatic rings. The van der Waals surface area contributed by atoms with Crippen molar-refractivity contribution in [2.45, 2.75) is 69.9 Å². The fourth-order valence-corrected chi connectivity index (χ4v) is 8.75. The third kappa shape index (κ3) is 6.96. The number of likely N-dealkylation sites (tertiary alicyclic amines) is 2. The molecule has 45 heavy (non-hydrogen) atoms. The van der Waals surface area contributed by atoms with Gasteiger partial charge in [-0.2, -0.15) is 0 Å². The Balaban J connectivity index is 1.10. The minimum absolute atomic E-state index is 0.169. The molecule has 0 amide bonds. The van der Waals surface area contributed by atoms with E-state index in [2.05, 4.69) is 58.3 Å². The number of hydrogen-bond acceptors (Lipinski definition) is 7. The van der Waals surface area contributed by atoms with Crippen molar-refractivity contribution in [1.82, 2.24) is 9.80 Å². The minimum Gasteiger partial charge on any atom is -0.504 e. The summed E-state index contributed by atoms with van der Waals surface area (Å²) in [5.74, 6) is 2.54. The molecule has 2 saturated heterocycles. The third-order valence-corrected chi connectivity index (χ3v) is 11.2. The molecule has 0 spiro atoms. The van der Waals surface area contributed by atoms with E-state index in [1.807, 2.05) is 12.1 Å². The highest BCUT2D eigenvalue weighted by atomic mass is 32.1. The Labute approximate surface area is 271 Å². The predicted octanol–water partition coefficient (Wildman–Crippen LogP) is 8.13. The van der Waals surface area contributed by atoms with Crippen molar-refractivity contribution >= 4 is 21.4 Å². The molecule has 3 aromatic carbocycles. The maximum Gasteiger partial charge on any atom is 0.161 e. The molecular formula is C38H46N2O4S. The van der Waals surface area contributed by atoms with E-state index < -0.39 is 0 Å². The topological polar surface area (TPSA) is 54.4 Å². The van der Waals surface area contributed by atoms with Crippen LogP contribution in [0.4, 0.5) is 0 Å². The maximum absolute atomic E-state index is 10.6. The molecule has 6 nitrogen and oxygen atoms in total. The monoisotopic (exact) mass is 626 g/mol. The van der Waals surface area contributed by atoms with E-state index in [0.29, 0.717) is 18.4 Å². The summed E-state index contributed by atoms with van der Waals surface area (Å²) in [4.78, 5) is 6.35. The lowest BCUT2D eigenvalue weighted by Gasteiger charge is -2.37. The zero-order valence-electron chi connectivity index (χ0n) is 26.5. The highest BCUT2D eigenvalue weighted by molar-refractivity contribution is 7.22. The smallest absolute Gasteiger partial charge is 0.161 e. The standard InChI is InChI=1S/C38H46N2O4S/c1-42-36-25-31-32(24-27-10-14-30(15-11-27)44-35-9-3-2-8-33(35)40-20-6-7-21-40)38(45-37(31)26-34(36)41)28-12-16-29(17-13-28)43-23-22-39-18-4-5-19-39/h10-17,25-26,33,35,41H,2-9,18-24H2,1H3/t33-,35-/m1/s1. The average molecular weight is 627 g/mol. The van der Waals surface area contributed by atoms with Crippen molar-refractivity contribution in [3.63, 3.8) is 0 Å². The van der Waals surface area contributed by atoms with Crippen LogP contribution >= 0.6 is 11.3 Å². The van der Waals surface area contributed by atoms with Crippen LogP contribution in [0, 0.1) is 0 Å². The normalized spacial score (nSPS) is 21.0. The molecule has 2 aliphatic heterocycles. The summed E-state index contributed by atoms with van der Waals surface area (Å²) in [6.45, 7) is 6.51. The predicted molar refractivity (Wildman–Crippen MR) is 183 cm³/mol. The molecular weight excluding hydrogens is 580 g/mol. The average Bonchev–Trinajstić information content (AvgIpc) is 3.85. The molecule has 3 heterocycles. The van der Waals surface area contributed by atoms with Gasteiger partial charge >= 0.3 is 0 Å².